The van der Waals surface area contributed by atoms with Gasteiger partial charge in [0.05, 0.1) is 0 Å². The molecule has 98 valence electrons. The van der Waals surface area contributed by atoms with E-state index in [9.17, 15) is 0 Å². The minimum absolute atomic E-state index is 0.852. The van der Waals surface area contributed by atoms with Gasteiger partial charge in [-0.15, -0.1) is 0 Å². The summed E-state index contributed by atoms with van der Waals surface area (Å²) in [7, 11) is 0. The number of hydrogen-bond acceptors (Lipinski definition) is 0. The van der Waals surface area contributed by atoms with E-state index >= 15 is 0 Å². The minimum Gasteiger partial charge on any atom is -0.0651 e. The van der Waals surface area contributed by atoms with Crippen molar-refractivity contribution < 1.29 is 0 Å². The molecular weight excluding hydrogens is 216 g/mol. The van der Waals surface area contributed by atoms with Crippen molar-refractivity contribution in [2.45, 2.75) is 57.8 Å². The zero-order valence-electron chi connectivity index (χ0n) is 11.6. The highest BCUT2D eigenvalue weighted by molar-refractivity contribution is 5.20. The van der Waals surface area contributed by atoms with Crippen LogP contribution in [-0.4, -0.2) is 0 Å². The van der Waals surface area contributed by atoms with Crippen LogP contribution in [0.25, 0.3) is 0 Å². The smallest absolute Gasteiger partial charge is 0.0159 e. The molecule has 2 saturated carbocycles. The van der Waals surface area contributed by atoms with E-state index in [4.69, 9.17) is 0 Å². The summed E-state index contributed by atoms with van der Waals surface area (Å²) in [6.45, 7) is 2.38. The summed E-state index contributed by atoms with van der Waals surface area (Å²) in [4.78, 5) is 0. The fourth-order valence-corrected chi connectivity index (χ4v) is 4.39. The van der Waals surface area contributed by atoms with Crippen LogP contribution in [0, 0.1) is 17.8 Å². The van der Waals surface area contributed by atoms with Gasteiger partial charge in [-0.05, 0) is 61.3 Å². The van der Waals surface area contributed by atoms with Crippen LogP contribution in [0.4, 0.5) is 0 Å². The molecule has 0 heterocycles. The number of hydrogen-bond donors (Lipinski definition) is 0. The van der Waals surface area contributed by atoms with Gasteiger partial charge in [0.25, 0.3) is 0 Å². The Morgan fingerprint density at radius 1 is 0.889 bits per heavy atom. The quantitative estimate of drug-likeness (QED) is 0.651. The molecule has 0 aromatic heterocycles. The lowest BCUT2D eigenvalue weighted by molar-refractivity contribution is 0.116. The summed E-state index contributed by atoms with van der Waals surface area (Å²) in [6.07, 6.45) is 10.3. The van der Waals surface area contributed by atoms with Crippen molar-refractivity contribution in [3.63, 3.8) is 0 Å². The van der Waals surface area contributed by atoms with Crippen molar-refractivity contribution >= 4 is 0 Å². The van der Waals surface area contributed by atoms with Gasteiger partial charge in [0.1, 0.15) is 0 Å². The monoisotopic (exact) mass is 242 g/mol. The second-order valence-electron chi connectivity index (χ2n) is 6.53. The fraction of sp³-hybridized carbons (Fsp3) is 0.667. The van der Waals surface area contributed by atoms with Gasteiger partial charge >= 0.3 is 0 Å². The molecule has 0 bridgehead atoms. The zero-order valence-corrected chi connectivity index (χ0v) is 11.6. The SMILES string of the molecule is CCC1CCC2CC(c3ccccc3)CCC2C1. The number of benzene rings is 1. The molecule has 0 N–H and O–H groups in total. The molecule has 1 aromatic carbocycles. The Morgan fingerprint density at radius 3 is 2.39 bits per heavy atom. The largest absolute Gasteiger partial charge is 0.0651 e. The van der Waals surface area contributed by atoms with E-state index in [2.05, 4.69) is 37.3 Å². The Hall–Kier alpha value is -0.780. The fourth-order valence-electron chi connectivity index (χ4n) is 4.39. The second kappa shape index (κ2) is 5.47. The van der Waals surface area contributed by atoms with Gasteiger partial charge in [-0.2, -0.15) is 0 Å². The maximum atomic E-state index is 2.38. The summed E-state index contributed by atoms with van der Waals surface area (Å²) in [5.74, 6) is 3.99. The maximum Gasteiger partial charge on any atom is -0.0159 e. The normalized spacial score (nSPS) is 36.1. The molecular formula is C18H26. The topological polar surface area (TPSA) is 0 Å². The van der Waals surface area contributed by atoms with Crippen LogP contribution in [-0.2, 0) is 0 Å². The van der Waals surface area contributed by atoms with Crippen LogP contribution in [0.3, 0.4) is 0 Å². The van der Waals surface area contributed by atoms with E-state index in [1.54, 1.807) is 5.56 Å². The summed E-state index contributed by atoms with van der Waals surface area (Å²) < 4.78 is 0. The van der Waals surface area contributed by atoms with Crippen LogP contribution in [0.5, 0.6) is 0 Å². The Morgan fingerprint density at radius 2 is 1.61 bits per heavy atom. The first-order valence-electron chi connectivity index (χ1n) is 7.91. The molecule has 2 aliphatic carbocycles. The van der Waals surface area contributed by atoms with Crippen LogP contribution >= 0.6 is 0 Å². The summed E-state index contributed by atoms with van der Waals surface area (Å²) in [5, 5.41) is 0. The van der Waals surface area contributed by atoms with Gasteiger partial charge in [0.15, 0.2) is 0 Å². The molecule has 4 atom stereocenters. The molecule has 4 unspecified atom stereocenters. The number of fused-ring (bicyclic) bond motifs is 1. The van der Waals surface area contributed by atoms with Crippen molar-refractivity contribution in [3.05, 3.63) is 35.9 Å². The first-order valence-corrected chi connectivity index (χ1v) is 7.91. The van der Waals surface area contributed by atoms with Gasteiger partial charge in [-0.3, -0.25) is 0 Å². The van der Waals surface area contributed by atoms with Crippen molar-refractivity contribution in [1.82, 2.24) is 0 Å². The van der Waals surface area contributed by atoms with Crippen molar-refractivity contribution in [3.8, 4) is 0 Å². The third-order valence-electron chi connectivity index (χ3n) is 5.57. The minimum atomic E-state index is 0.852. The number of rotatable bonds is 2. The van der Waals surface area contributed by atoms with E-state index in [1.807, 2.05) is 0 Å². The maximum absolute atomic E-state index is 2.38. The van der Waals surface area contributed by atoms with Gasteiger partial charge in [0.2, 0.25) is 0 Å². The molecule has 0 heteroatoms. The standard InChI is InChI=1S/C18H26/c1-2-14-8-9-18-13-17(11-10-16(18)12-14)15-6-4-3-5-7-15/h3-7,14,16-18H,2,8-13H2,1H3. The van der Waals surface area contributed by atoms with E-state index < -0.39 is 0 Å². The molecule has 0 saturated heterocycles. The molecule has 0 amide bonds. The first kappa shape index (κ1) is 12.3. The van der Waals surface area contributed by atoms with Crippen LogP contribution < -0.4 is 0 Å². The molecule has 3 rings (SSSR count). The molecule has 18 heavy (non-hydrogen) atoms. The van der Waals surface area contributed by atoms with Crippen molar-refractivity contribution in [1.29, 1.82) is 0 Å². The van der Waals surface area contributed by atoms with Gasteiger partial charge in [0, 0.05) is 0 Å². The molecule has 0 aliphatic heterocycles. The lowest BCUT2D eigenvalue weighted by Gasteiger charge is -2.42. The Bertz CT molecular complexity index is 367. The Kier molecular flexibility index (Phi) is 3.72. The van der Waals surface area contributed by atoms with Gasteiger partial charge in [-0.25, -0.2) is 0 Å². The second-order valence-corrected chi connectivity index (χ2v) is 6.53. The van der Waals surface area contributed by atoms with Gasteiger partial charge < -0.3 is 0 Å². The predicted molar refractivity (Wildman–Crippen MR) is 77.6 cm³/mol. The van der Waals surface area contributed by atoms with Crippen molar-refractivity contribution in [2.24, 2.45) is 17.8 Å². The van der Waals surface area contributed by atoms with Crippen LogP contribution in [0.1, 0.15) is 63.4 Å². The Labute approximate surface area is 112 Å². The highest BCUT2D eigenvalue weighted by Gasteiger charge is 2.35. The van der Waals surface area contributed by atoms with Crippen molar-refractivity contribution in [2.75, 3.05) is 0 Å². The lowest BCUT2D eigenvalue weighted by atomic mass is 9.63. The van der Waals surface area contributed by atoms with E-state index in [0.717, 1.165) is 23.7 Å². The molecule has 2 fully saturated rings. The molecule has 0 spiro atoms. The van der Waals surface area contributed by atoms with Crippen LogP contribution in [0.15, 0.2) is 30.3 Å². The third-order valence-corrected chi connectivity index (χ3v) is 5.57. The molecule has 0 radical (unpaired) electrons. The average molecular weight is 242 g/mol. The molecule has 2 aliphatic rings. The molecule has 0 nitrogen and oxygen atoms in total. The van der Waals surface area contributed by atoms with Gasteiger partial charge in [-0.1, -0.05) is 50.1 Å². The molecule has 1 aromatic rings. The first-order chi connectivity index (χ1) is 8.86. The highest BCUT2D eigenvalue weighted by atomic mass is 14.4. The average Bonchev–Trinajstić information content (AvgIpc) is 2.47. The third kappa shape index (κ3) is 2.48. The summed E-state index contributed by atoms with van der Waals surface area (Å²) in [6, 6.07) is 11.2. The Balaban J connectivity index is 1.65. The van der Waals surface area contributed by atoms with E-state index in [-0.39, 0.29) is 0 Å². The zero-order chi connectivity index (χ0) is 12.4. The highest BCUT2D eigenvalue weighted by Crippen LogP contribution is 2.47. The van der Waals surface area contributed by atoms with Crippen LogP contribution in [0.2, 0.25) is 0 Å². The summed E-state index contributed by atoms with van der Waals surface area (Å²) >= 11 is 0. The lowest BCUT2D eigenvalue weighted by Crippen LogP contribution is -2.30. The summed E-state index contributed by atoms with van der Waals surface area (Å²) in [5.41, 5.74) is 1.59. The predicted octanol–water partition coefficient (Wildman–Crippen LogP) is 5.40. The van der Waals surface area contributed by atoms with E-state index in [1.165, 1.54) is 44.9 Å². The van der Waals surface area contributed by atoms with E-state index in [0.29, 0.717) is 0 Å².